The van der Waals surface area contributed by atoms with Crippen molar-refractivity contribution in [1.29, 1.82) is 0 Å². The molecule has 0 atom stereocenters. The van der Waals surface area contributed by atoms with Gasteiger partial charge >= 0.3 is 0 Å². The molecule has 3 rings (SSSR count). The molecule has 2 aromatic carbocycles. The number of hydrogen-bond donors (Lipinski definition) is 2. The van der Waals surface area contributed by atoms with Crippen LogP contribution >= 0.6 is 0 Å². The van der Waals surface area contributed by atoms with E-state index in [1.54, 1.807) is 47.4 Å². The summed E-state index contributed by atoms with van der Waals surface area (Å²) in [6.45, 7) is 0.477. The first-order valence-corrected chi connectivity index (χ1v) is 8.26. The zero-order chi connectivity index (χ0) is 18.5. The van der Waals surface area contributed by atoms with Crippen LogP contribution in [-0.4, -0.2) is 30.9 Å². The largest absolute Gasteiger partial charge is 0.484 e. The maximum atomic E-state index is 12.5. The Bertz CT molecular complexity index is 833. The molecular formula is C19H19N3O4. The highest BCUT2D eigenvalue weighted by atomic mass is 16.5. The van der Waals surface area contributed by atoms with Crippen LogP contribution in [-0.2, 0) is 9.59 Å². The van der Waals surface area contributed by atoms with E-state index in [2.05, 4.69) is 5.32 Å². The van der Waals surface area contributed by atoms with Gasteiger partial charge in [-0.15, -0.1) is 0 Å². The van der Waals surface area contributed by atoms with E-state index in [4.69, 9.17) is 10.5 Å². The summed E-state index contributed by atoms with van der Waals surface area (Å²) in [6, 6.07) is 13.6. The SMILES string of the molecule is NC(=O)COc1ccc(NC(=O)c2cccc(N3CCCC3=O)c2)cc1. The number of carbonyl (C=O) groups is 3. The maximum absolute atomic E-state index is 12.5. The second-order valence-corrected chi connectivity index (χ2v) is 5.93. The molecule has 0 bridgehead atoms. The van der Waals surface area contributed by atoms with Gasteiger partial charge in [0, 0.05) is 29.9 Å². The third kappa shape index (κ3) is 4.18. The van der Waals surface area contributed by atoms with Gasteiger partial charge < -0.3 is 20.7 Å². The highest BCUT2D eigenvalue weighted by Gasteiger charge is 2.22. The second kappa shape index (κ2) is 7.69. The van der Waals surface area contributed by atoms with Gasteiger partial charge in [-0.1, -0.05) is 6.07 Å². The molecule has 0 radical (unpaired) electrons. The lowest BCUT2D eigenvalue weighted by Crippen LogP contribution is -2.24. The molecule has 0 aliphatic carbocycles. The summed E-state index contributed by atoms with van der Waals surface area (Å²) in [5, 5.41) is 2.79. The molecule has 1 aliphatic rings. The van der Waals surface area contributed by atoms with Crippen LogP contribution in [0.3, 0.4) is 0 Å². The first-order valence-electron chi connectivity index (χ1n) is 8.26. The molecule has 0 aromatic heterocycles. The molecule has 0 unspecified atom stereocenters. The molecule has 1 aliphatic heterocycles. The lowest BCUT2D eigenvalue weighted by atomic mass is 10.1. The highest BCUT2D eigenvalue weighted by Crippen LogP contribution is 2.23. The van der Waals surface area contributed by atoms with Crippen LogP contribution in [0.25, 0.3) is 0 Å². The third-order valence-electron chi connectivity index (χ3n) is 3.99. The molecule has 0 saturated carbocycles. The van der Waals surface area contributed by atoms with Crippen LogP contribution in [0.5, 0.6) is 5.75 Å². The molecule has 7 heteroatoms. The summed E-state index contributed by atoms with van der Waals surface area (Å²) >= 11 is 0. The summed E-state index contributed by atoms with van der Waals surface area (Å²) in [6.07, 6.45) is 1.38. The van der Waals surface area contributed by atoms with E-state index in [1.807, 2.05) is 6.07 Å². The fourth-order valence-electron chi connectivity index (χ4n) is 2.73. The number of amides is 3. The molecule has 3 amide bonds. The summed E-state index contributed by atoms with van der Waals surface area (Å²) < 4.78 is 5.17. The number of ether oxygens (including phenoxy) is 1. The monoisotopic (exact) mass is 353 g/mol. The Morgan fingerprint density at radius 2 is 1.92 bits per heavy atom. The lowest BCUT2D eigenvalue weighted by molar-refractivity contribution is -0.120. The highest BCUT2D eigenvalue weighted by molar-refractivity contribution is 6.05. The number of nitrogens with two attached hydrogens (primary N) is 1. The molecule has 26 heavy (non-hydrogen) atoms. The number of carbonyl (C=O) groups excluding carboxylic acids is 3. The smallest absolute Gasteiger partial charge is 0.255 e. The van der Waals surface area contributed by atoms with Crippen molar-refractivity contribution in [3.63, 3.8) is 0 Å². The summed E-state index contributed by atoms with van der Waals surface area (Å²) in [4.78, 5) is 36.7. The van der Waals surface area contributed by atoms with Crippen molar-refractivity contribution in [2.75, 3.05) is 23.4 Å². The first kappa shape index (κ1) is 17.5. The average Bonchev–Trinajstić information content (AvgIpc) is 3.07. The number of rotatable bonds is 6. The molecule has 134 valence electrons. The van der Waals surface area contributed by atoms with E-state index in [1.165, 1.54) is 0 Å². The van der Waals surface area contributed by atoms with Crippen LogP contribution in [0.1, 0.15) is 23.2 Å². The molecule has 7 nitrogen and oxygen atoms in total. The number of anilines is 2. The Morgan fingerprint density at radius 1 is 1.15 bits per heavy atom. The molecule has 1 fully saturated rings. The average molecular weight is 353 g/mol. The predicted octanol–water partition coefficient (Wildman–Crippen LogP) is 1.93. The van der Waals surface area contributed by atoms with Gasteiger partial charge in [-0.25, -0.2) is 0 Å². The van der Waals surface area contributed by atoms with Crippen molar-refractivity contribution >= 4 is 29.1 Å². The Labute approximate surface area is 150 Å². The number of nitrogens with zero attached hydrogens (tertiary/aromatic N) is 1. The Hall–Kier alpha value is -3.35. The normalized spacial score (nSPS) is 13.5. The molecule has 3 N–H and O–H groups in total. The molecule has 1 saturated heterocycles. The van der Waals surface area contributed by atoms with Crippen molar-refractivity contribution in [3.8, 4) is 5.75 Å². The van der Waals surface area contributed by atoms with Crippen LogP contribution in [0.2, 0.25) is 0 Å². The van der Waals surface area contributed by atoms with Gasteiger partial charge in [-0.2, -0.15) is 0 Å². The number of hydrogen-bond acceptors (Lipinski definition) is 4. The Morgan fingerprint density at radius 3 is 2.58 bits per heavy atom. The predicted molar refractivity (Wildman–Crippen MR) is 97.1 cm³/mol. The first-order chi connectivity index (χ1) is 12.5. The third-order valence-corrected chi connectivity index (χ3v) is 3.99. The van der Waals surface area contributed by atoms with Gasteiger partial charge in [0.05, 0.1) is 0 Å². The quantitative estimate of drug-likeness (QED) is 0.828. The Balaban J connectivity index is 1.66. The van der Waals surface area contributed by atoms with Gasteiger partial charge in [0.2, 0.25) is 5.91 Å². The minimum atomic E-state index is -0.557. The topological polar surface area (TPSA) is 102 Å². The van der Waals surface area contributed by atoms with E-state index < -0.39 is 5.91 Å². The molecular weight excluding hydrogens is 334 g/mol. The van der Waals surface area contributed by atoms with Gasteiger partial charge in [-0.3, -0.25) is 14.4 Å². The minimum Gasteiger partial charge on any atom is -0.484 e. The van der Waals surface area contributed by atoms with E-state index >= 15 is 0 Å². The summed E-state index contributed by atoms with van der Waals surface area (Å²) in [5.74, 6) is -0.270. The van der Waals surface area contributed by atoms with Crippen molar-refractivity contribution in [2.24, 2.45) is 5.73 Å². The fraction of sp³-hybridized carbons (Fsp3) is 0.211. The van der Waals surface area contributed by atoms with E-state index in [9.17, 15) is 14.4 Å². The van der Waals surface area contributed by atoms with Crippen LogP contribution in [0.15, 0.2) is 48.5 Å². The van der Waals surface area contributed by atoms with Crippen LogP contribution in [0, 0.1) is 0 Å². The number of nitrogens with one attached hydrogen (secondary N) is 1. The lowest BCUT2D eigenvalue weighted by Gasteiger charge is -2.16. The summed E-state index contributed by atoms with van der Waals surface area (Å²) in [5.41, 5.74) is 6.81. The van der Waals surface area contributed by atoms with Crippen LogP contribution < -0.4 is 20.7 Å². The molecule has 1 heterocycles. The summed E-state index contributed by atoms with van der Waals surface area (Å²) in [7, 11) is 0. The van der Waals surface area contributed by atoms with Gasteiger partial charge in [0.1, 0.15) is 5.75 Å². The van der Waals surface area contributed by atoms with Crippen LogP contribution in [0.4, 0.5) is 11.4 Å². The second-order valence-electron chi connectivity index (χ2n) is 5.93. The van der Waals surface area contributed by atoms with Gasteiger partial charge in [-0.05, 0) is 48.9 Å². The van der Waals surface area contributed by atoms with Crippen molar-refractivity contribution in [3.05, 3.63) is 54.1 Å². The standard InChI is InChI=1S/C19H19N3O4/c20-17(23)12-26-16-8-6-14(7-9-16)21-19(25)13-3-1-4-15(11-13)22-10-2-5-18(22)24/h1,3-4,6-9,11H,2,5,10,12H2,(H2,20,23)(H,21,25). The van der Waals surface area contributed by atoms with E-state index in [-0.39, 0.29) is 18.4 Å². The zero-order valence-corrected chi connectivity index (χ0v) is 14.1. The fourth-order valence-corrected chi connectivity index (χ4v) is 2.73. The maximum Gasteiger partial charge on any atom is 0.255 e. The van der Waals surface area contributed by atoms with Gasteiger partial charge in [0.15, 0.2) is 6.61 Å². The van der Waals surface area contributed by atoms with Crippen molar-refractivity contribution in [1.82, 2.24) is 0 Å². The molecule has 2 aromatic rings. The van der Waals surface area contributed by atoms with Gasteiger partial charge in [0.25, 0.3) is 11.8 Å². The zero-order valence-electron chi connectivity index (χ0n) is 14.1. The van der Waals surface area contributed by atoms with Crippen molar-refractivity contribution < 1.29 is 19.1 Å². The van der Waals surface area contributed by atoms with E-state index in [0.717, 1.165) is 12.1 Å². The number of primary amides is 1. The van der Waals surface area contributed by atoms with Crippen molar-refractivity contribution in [2.45, 2.75) is 12.8 Å². The molecule has 0 spiro atoms. The van der Waals surface area contributed by atoms with E-state index in [0.29, 0.717) is 30.0 Å². The minimum absolute atomic E-state index is 0.0779. The Kier molecular flexibility index (Phi) is 5.17. The number of benzene rings is 2.